The van der Waals surface area contributed by atoms with Gasteiger partial charge in [-0.1, -0.05) is 25.2 Å². The van der Waals surface area contributed by atoms with Gasteiger partial charge in [0.15, 0.2) is 15.7 Å². The highest BCUT2D eigenvalue weighted by Crippen LogP contribution is 2.48. The van der Waals surface area contributed by atoms with Crippen LogP contribution in [0.2, 0.25) is 0 Å². The predicted molar refractivity (Wildman–Crippen MR) is 111 cm³/mol. The molecular weight excluding hydrogens is 374 g/mol. The summed E-state index contributed by atoms with van der Waals surface area (Å²) in [7, 11) is -3.26. The van der Waals surface area contributed by atoms with Crippen molar-refractivity contribution in [3.05, 3.63) is 35.8 Å². The molecule has 0 unspecified atom stereocenters. The van der Waals surface area contributed by atoms with E-state index in [0.717, 1.165) is 37.2 Å². The lowest BCUT2D eigenvalue weighted by molar-refractivity contribution is 0.0985. The van der Waals surface area contributed by atoms with Crippen molar-refractivity contribution in [3.8, 4) is 0 Å². The lowest BCUT2D eigenvalue weighted by Gasteiger charge is -2.41. The SMILES string of the molecule is CCS(=O)(=O)C1(c2cc(N3CCOC[C@@H]3C)nc(C3=CCCC=C3)n2)CCC1. The maximum Gasteiger partial charge on any atom is 0.161 e. The Bertz CT molecular complexity index is 903. The fourth-order valence-electron chi connectivity index (χ4n) is 4.29. The first-order valence-electron chi connectivity index (χ1n) is 10.3. The van der Waals surface area contributed by atoms with Crippen LogP contribution in [0.1, 0.15) is 57.5 Å². The largest absolute Gasteiger partial charge is 0.377 e. The van der Waals surface area contributed by atoms with Gasteiger partial charge in [0.2, 0.25) is 0 Å². The summed E-state index contributed by atoms with van der Waals surface area (Å²) in [6.07, 6.45) is 10.5. The number of ether oxygens (including phenoxy) is 1. The van der Waals surface area contributed by atoms with Gasteiger partial charge in [0, 0.05) is 23.9 Å². The zero-order valence-corrected chi connectivity index (χ0v) is 17.5. The van der Waals surface area contributed by atoms with Crippen molar-refractivity contribution in [2.24, 2.45) is 0 Å². The molecule has 7 heteroatoms. The highest BCUT2D eigenvalue weighted by Gasteiger charge is 2.51. The van der Waals surface area contributed by atoms with Crippen molar-refractivity contribution in [2.45, 2.75) is 56.7 Å². The minimum Gasteiger partial charge on any atom is -0.377 e. The lowest BCUT2D eigenvalue weighted by atomic mass is 9.81. The third-order valence-corrected chi connectivity index (χ3v) is 8.80. The normalized spacial score (nSPS) is 24.6. The van der Waals surface area contributed by atoms with E-state index in [0.29, 0.717) is 37.6 Å². The molecule has 1 atom stereocenters. The van der Waals surface area contributed by atoms with Gasteiger partial charge in [-0.15, -0.1) is 0 Å². The molecule has 28 heavy (non-hydrogen) atoms. The first kappa shape index (κ1) is 19.6. The molecule has 1 aromatic rings. The standard InChI is InChI=1S/C21H29N3O3S/c1-3-28(25,26)21(10-7-11-21)18-14-19(24-12-13-27-15-16(24)2)23-20(22-18)17-8-5-4-6-9-17/h5,8-9,14,16H,3-4,6-7,10-13,15H2,1-2H3/t16-/m0/s1. The zero-order valence-electron chi connectivity index (χ0n) is 16.7. The van der Waals surface area contributed by atoms with E-state index in [-0.39, 0.29) is 11.8 Å². The van der Waals surface area contributed by atoms with E-state index in [1.165, 1.54) is 0 Å². The molecule has 3 aliphatic rings. The minimum absolute atomic E-state index is 0.137. The zero-order chi connectivity index (χ0) is 19.8. The Morgan fingerprint density at radius 2 is 2.11 bits per heavy atom. The lowest BCUT2D eigenvalue weighted by Crippen LogP contribution is -2.46. The molecule has 6 nitrogen and oxygen atoms in total. The molecule has 0 amide bonds. The molecule has 1 aliphatic heterocycles. The molecule has 1 saturated heterocycles. The smallest absolute Gasteiger partial charge is 0.161 e. The summed E-state index contributed by atoms with van der Waals surface area (Å²) in [5.74, 6) is 1.59. The number of nitrogens with zero attached hydrogens (tertiary/aromatic N) is 3. The highest BCUT2D eigenvalue weighted by atomic mass is 32.2. The maximum absolute atomic E-state index is 13.0. The van der Waals surface area contributed by atoms with Crippen LogP contribution >= 0.6 is 0 Å². The summed E-state index contributed by atoms with van der Waals surface area (Å²) in [4.78, 5) is 11.9. The summed E-state index contributed by atoms with van der Waals surface area (Å²) in [5, 5.41) is 0. The monoisotopic (exact) mass is 403 g/mol. The number of allylic oxidation sites excluding steroid dienone is 4. The molecule has 1 aromatic heterocycles. The quantitative estimate of drug-likeness (QED) is 0.751. The van der Waals surface area contributed by atoms with Crippen molar-refractivity contribution >= 4 is 21.2 Å². The molecular formula is C21H29N3O3S. The second kappa shape index (κ2) is 7.59. The van der Waals surface area contributed by atoms with E-state index in [1.807, 2.05) is 6.07 Å². The Morgan fingerprint density at radius 1 is 1.29 bits per heavy atom. The van der Waals surface area contributed by atoms with E-state index in [1.54, 1.807) is 6.92 Å². The summed E-state index contributed by atoms with van der Waals surface area (Å²) < 4.78 is 30.8. The van der Waals surface area contributed by atoms with Crippen molar-refractivity contribution < 1.29 is 13.2 Å². The average Bonchev–Trinajstić information content (AvgIpc) is 2.68. The van der Waals surface area contributed by atoms with Gasteiger partial charge in [-0.3, -0.25) is 0 Å². The number of hydrogen-bond donors (Lipinski definition) is 0. The number of anilines is 1. The summed E-state index contributed by atoms with van der Waals surface area (Å²) in [6.45, 7) is 5.90. The molecule has 0 radical (unpaired) electrons. The minimum atomic E-state index is -3.26. The Balaban J connectivity index is 1.85. The molecule has 0 spiro atoms. The van der Waals surface area contributed by atoms with Crippen molar-refractivity contribution in [1.29, 1.82) is 0 Å². The van der Waals surface area contributed by atoms with Gasteiger partial charge in [-0.05, 0) is 39.0 Å². The molecule has 4 rings (SSSR count). The van der Waals surface area contributed by atoms with E-state index in [9.17, 15) is 8.42 Å². The Morgan fingerprint density at radius 3 is 2.71 bits per heavy atom. The predicted octanol–water partition coefficient (Wildman–Crippen LogP) is 3.25. The van der Waals surface area contributed by atoms with Crippen molar-refractivity contribution in [1.82, 2.24) is 9.97 Å². The number of sulfone groups is 1. The summed E-state index contributed by atoms with van der Waals surface area (Å²) >= 11 is 0. The van der Waals surface area contributed by atoms with Crippen LogP contribution in [-0.4, -0.2) is 49.9 Å². The molecule has 2 aliphatic carbocycles. The van der Waals surface area contributed by atoms with Crippen molar-refractivity contribution in [2.75, 3.05) is 30.4 Å². The number of rotatable bonds is 5. The van der Waals surface area contributed by atoms with Gasteiger partial charge in [0.25, 0.3) is 0 Å². The van der Waals surface area contributed by atoms with Crippen molar-refractivity contribution in [3.63, 3.8) is 0 Å². The number of aromatic nitrogens is 2. The maximum atomic E-state index is 13.0. The molecule has 2 heterocycles. The van der Waals surface area contributed by atoms with Crippen LogP contribution in [0.15, 0.2) is 24.3 Å². The number of hydrogen-bond acceptors (Lipinski definition) is 6. The van der Waals surface area contributed by atoms with E-state index in [2.05, 4.69) is 30.1 Å². The van der Waals surface area contributed by atoms with Crippen LogP contribution in [0, 0.1) is 0 Å². The molecule has 0 N–H and O–H groups in total. The Hall–Kier alpha value is -1.73. The topological polar surface area (TPSA) is 72.4 Å². The van der Waals surface area contributed by atoms with E-state index < -0.39 is 14.6 Å². The molecule has 152 valence electrons. The first-order chi connectivity index (χ1) is 13.5. The molecule has 2 fully saturated rings. The molecule has 0 bridgehead atoms. The fraction of sp³-hybridized carbons (Fsp3) is 0.619. The first-order valence-corrected chi connectivity index (χ1v) is 12.0. The van der Waals surface area contributed by atoms with Gasteiger partial charge in [-0.25, -0.2) is 18.4 Å². The van der Waals surface area contributed by atoms with Crippen LogP contribution in [-0.2, 0) is 19.3 Å². The average molecular weight is 404 g/mol. The fourth-order valence-corrected chi connectivity index (χ4v) is 6.18. The third-order valence-electron chi connectivity index (χ3n) is 6.23. The van der Waals surface area contributed by atoms with Crippen LogP contribution in [0.25, 0.3) is 5.57 Å². The summed E-state index contributed by atoms with van der Waals surface area (Å²) in [6, 6.07) is 2.12. The molecule has 1 saturated carbocycles. The van der Waals surface area contributed by atoms with Crippen LogP contribution < -0.4 is 4.90 Å². The number of morpholine rings is 1. The van der Waals surface area contributed by atoms with Gasteiger partial charge < -0.3 is 9.64 Å². The second-order valence-corrected chi connectivity index (χ2v) is 10.5. The highest BCUT2D eigenvalue weighted by molar-refractivity contribution is 7.92. The van der Waals surface area contributed by atoms with E-state index >= 15 is 0 Å². The van der Waals surface area contributed by atoms with Crippen LogP contribution in [0.4, 0.5) is 5.82 Å². The van der Waals surface area contributed by atoms with Crippen LogP contribution in [0.5, 0.6) is 0 Å². The van der Waals surface area contributed by atoms with Gasteiger partial charge in [-0.2, -0.15) is 0 Å². The molecule has 0 aromatic carbocycles. The third kappa shape index (κ3) is 3.28. The second-order valence-electron chi connectivity index (χ2n) is 7.94. The van der Waals surface area contributed by atoms with Gasteiger partial charge in [0.05, 0.1) is 24.9 Å². The Labute approximate surface area is 167 Å². The Kier molecular flexibility index (Phi) is 5.31. The van der Waals surface area contributed by atoms with Gasteiger partial charge in [0.1, 0.15) is 10.6 Å². The van der Waals surface area contributed by atoms with Crippen LogP contribution in [0.3, 0.4) is 0 Å². The van der Waals surface area contributed by atoms with Gasteiger partial charge >= 0.3 is 0 Å². The van der Waals surface area contributed by atoms with E-state index in [4.69, 9.17) is 14.7 Å². The summed E-state index contributed by atoms with van der Waals surface area (Å²) in [5.41, 5.74) is 1.65.